The van der Waals surface area contributed by atoms with Gasteiger partial charge in [0.25, 0.3) is 5.92 Å². The molecule has 0 aliphatic carbocycles. The number of carbonyl (C=O) groups is 1. The van der Waals surface area contributed by atoms with Gasteiger partial charge < -0.3 is 9.64 Å². The van der Waals surface area contributed by atoms with E-state index in [0.29, 0.717) is 0 Å². The molecule has 3 heterocycles. The lowest BCUT2D eigenvalue weighted by Gasteiger charge is -2.25. The number of hydrogen-bond donors (Lipinski definition) is 0. The monoisotopic (exact) mass is 462 g/mol. The summed E-state index contributed by atoms with van der Waals surface area (Å²) in [6, 6.07) is 1.86. The highest BCUT2D eigenvalue weighted by molar-refractivity contribution is 7.98. The fraction of sp³-hybridized carbons (Fsp3) is 0.438. The summed E-state index contributed by atoms with van der Waals surface area (Å²) in [6.45, 7) is -0.0294. The first-order valence-electron chi connectivity index (χ1n) is 8.27. The molecular formula is C16H14Cl2F2N6O2S. The van der Waals surface area contributed by atoms with Crippen molar-refractivity contribution < 1.29 is 18.3 Å². The summed E-state index contributed by atoms with van der Waals surface area (Å²) in [5, 5.41) is 13.4. The second-order valence-corrected chi connectivity index (χ2v) is 7.52. The van der Waals surface area contributed by atoms with Crippen molar-refractivity contribution in [3.63, 3.8) is 0 Å². The molecule has 1 aliphatic rings. The highest BCUT2D eigenvalue weighted by Crippen LogP contribution is 2.35. The first-order valence-corrected chi connectivity index (χ1v) is 10.3. The van der Waals surface area contributed by atoms with Crippen LogP contribution in [0.1, 0.15) is 28.7 Å². The van der Waals surface area contributed by atoms with Crippen molar-refractivity contribution in [2.75, 3.05) is 24.3 Å². The molecule has 3 rings (SSSR count). The van der Waals surface area contributed by atoms with E-state index in [1.165, 1.54) is 4.90 Å². The number of esters is 1. The van der Waals surface area contributed by atoms with Crippen LogP contribution in [-0.4, -0.2) is 51.0 Å². The molecule has 0 radical (unpaired) electrons. The summed E-state index contributed by atoms with van der Waals surface area (Å²) < 4.78 is 35.2. The number of anilines is 1. The normalized spacial score (nSPS) is 15.4. The van der Waals surface area contributed by atoms with Crippen molar-refractivity contribution in [1.29, 1.82) is 5.26 Å². The topological polar surface area (TPSA) is 96.9 Å². The van der Waals surface area contributed by atoms with Crippen LogP contribution >= 0.6 is 35.0 Å². The van der Waals surface area contributed by atoms with Crippen molar-refractivity contribution in [2.45, 2.75) is 31.1 Å². The Bertz CT molecular complexity index is 1010. The Balaban J connectivity index is 2.12. The zero-order chi connectivity index (χ0) is 21.3. The number of thioether (sulfide) groups is 1. The molecule has 0 N–H and O–H groups in total. The van der Waals surface area contributed by atoms with Crippen LogP contribution in [0.5, 0.6) is 0 Å². The largest absolute Gasteiger partial charge is 0.461 e. The van der Waals surface area contributed by atoms with Crippen molar-refractivity contribution in [3.05, 3.63) is 27.1 Å². The molecule has 0 spiro atoms. The maximum absolute atomic E-state index is 14.7. The average molecular weight is 463 g/mol. The maximum Gasteiger partial charge on any atom is 0.360 e. The Hall–Kier alpha value is -2.16. The third kappa shape index (κ3) is 4.24. The molecule has 0 fully saturated rings. The van der Waals surface area contributed by atoms with Gasteiger partial charge in [0.15, 0.2) is 21.8 Å². The molecule has 0 atom stereocenters. The van der Waals surface area contributed by atoms with E-state index in [4.69, 9.17) is 27.9 Å². The van der Waals surface area contributed by atoms with Gasteiger partial charge in [-0.2, -0.15) is 10.4 Å². The highest BCUT2D eigenvalue weighted by Gasteiger charge is 2.40. The Kier molecular flexibility index (Phi) is 6.16. The molecule has 13 heteroatoms. The summed E-state index contributed by atoms with van der Waals surface area (Å²) in [4.78, 5) is 21.4. The van der Waals surface area contributed by atoms with Crippen molar-refractivity contribution >= 4 is 46.8 Å². The van der Waals surface area contributed by atoms with E-state index < -0.39 is 25.0 Å². The molecule has 0 saturated carbocycles. The molecule has 1 aliphatic heterocycles. The van der Waals surface area contributed by atoms with Crippen LogP contribution in [0.4, 0.5) is 14.6 Å². The van der Waals surface area contributed by atoms with Gasteiger partial charge in [0, 0.05) is 0 Å². The number of aromatic nitrogens is 4. The van der Waals surface area contributed by atoms with E-state index in [2.05, 4.69) is 15.1 Å². The van der Waals surface area contributed by atoms with E-state index in [1.54, 1.807) is 13.2 Å². The molecule has 2 aromatic heterocycles. The number of rotatable bonds is 4. The van der Waals surface area contributed by atoms with Gasteiger partial charge in [0.2, 0.25) is 0 Å². The molecule has 29 heavy (non-hydrogen) atoms. The van der Waals surface area contributed by atoms with Gasteiger partial charge in [-0.05, 0) is 13.2 Å². The number of alkyl halides is 2. The molecule has 0 aromatic carbocycles. The summed E-state index contributed by atoms with van der Waals surface area (Å²) in [6.07, 6.45) is 1.69. The Morgan fingerprint density at radius 3 is 2.72 bits per heavy atom. The van der Waals surface area contributed by atoms with Crippen LogP contribution in [0, 0.1) is 11.3 Å². The maximum atomic E-state index is 14.7. The van der Waals surface area contributed by atoms with Gasteiger partial charge in [-0.25, -0.2) is 23.5 Å². The smallest absolute Gasteiger partial charge is 0.360 e. The SMILES string of the molecule is CCOC(=O)c1nn2c(c1Cl)CN(c1nc(SC)nc(Cl)c1C#N)CC(F)(F)C2. The van der Waals surface area contributed by atoms with E-state index >= 15 is 0 Å². The molecule has 0 amide bonds. The Labute approximate surface area is 178 Å². The quantitative estimate of drug-likeness (QED) is 0.295. The number of halogens is 4. The standard InChI is InChI=1S/C16H14Cl2F2N6O2S/c1-3-28-14(27)11-10(17)9-5-25(6-16(19,20)7-26(9)24-11)13-8(4-21)12(18)22-15(23-13)29-2/h3,5-7H2,1-2H3. The number of fused-ring (bicyclic) bond motifs is 1. The van der Waals surface area contributed by atoms with Crippen LogP contribution in [0.15, 0.2) is 5.16 Å². The molecule has 0 saturated heterocycles. The predicted octanol–water partition coefficient (Wildman–Crippen LogP) is 3.41. The summed E-state index contributed by atoms with van der Waals surface area (Å²) in [5.41, 5.74) is -0.196. The summed E-state index contributed by atoms with van der Waals surface area (Å²) >= 11 is 13.5. The van der Waals surface area contributed by atoms with Crippen molar-refractivity contribution in [1.82, 2.24) is 19.7 Å². The third-order valence-corrected chi connectivity index (χ3v) is 5.24. The second kappa shape index (κ2) is 8.30. The summed E-state index contributed by atoms with van der Waals surface area (Å²) in [5.74, 6) is -4.10. The van der Waals surface area contributed by atoms with E-state index in [1.807, 2.05) is 6.07 Å². The third-order valence-electron chi connectivity index (χ3n) is 4.03. The van der Waals surface area contributed by atoms with Crippen LogP contribution in [0.2, 0.25) is 10.2 Å². The van der Waals surface area contributed by atoms with E-state index in [0.717, 1.165) is 16.4 Å². The van der Waals surface area contributed by atoms with Crippen LogP contribution in [0.25, 0.3) is 0 Å². The van der Waals surface area contributed by atoms with Gasteiger partial charge in [-0.1, -0.05) is 35.0 Å². The van der Waals surface area contributed by atoms with Gasteiger partial charge in [-0.15, -0.1) is 0 Å². The number of nitriles is 1. The lowest BCUT2D eigenvalue weighted by Crippen LogP contribution is -2.37. The van der Waals surface area contributed by atoms with Crippen molar-refractivity contribution in [3.8, 4) is 6.07 Å². The Morgan fingerprint density at radius 2 is 2.10 bits per heavy atom. The number of carbonyl (C=O) groups excluding carboxylic acids is 1. The van der Waals surface area contributed by atoms with Gasteiger partial charge in [0.05, 0.1) is 30.4 Å². The molecule has 2 aromatic rings. The van der Waals surface area contributed by atoms with Gasteiger partial charge in [0.1, 0.15) is 18.2 Å². The first-order chi connectivity index (χ1) is 13.7. The number of hydrogen-bond acceptors (Lipinski definition) is 8. The fourth-order valence-electron chi connectivity index (χ4n) is 2.84. The minimum atomic E-state index is -3.25. The second-order valence-electron chi connectivity index (χ2n) is 6.01. The van der Waals surface area contributed by atoms with Crippen LogP contribution in [0.3, 0.4) is 0 Å². The predicted molar refractivity (Wildman–Crippen MR) is 103 cm³/mol. The molecule has 154 valence electrons. The number of ether oxygens (including phenoxy) is 1. The van der Waals surface area contributed by atoms with E-state index in [-0.39, 0.29) is 51.3 Å². The molecule has 0 bridgehead atoms. The lowest BCUT2D eigenvalue weighted by molar-refractivity contribution is -0.00856. The zero-order valence-corrected chi connectivity index (χ0v) is 17.6. The minimum absolute atomic E-state index is 0.0417. The molecule has 8 nitrogen and oxygen atoms in total. The number of nitrogens with zero attached hydrogens (tertiary/aromatic N) is 6. The van der Waals surface area contributed by atoms with Gasteiger partial charge >= 0.3 is 5.97 Å². The van der Waals surface area contributed by atoms with Crippen LogP contribution < -0.4 is 4.90 Å². The lowest BCUT2D eigenvalue weighted by atomic mass is 10.2. The van der Waals surface area contributed by atoms with Crippen LogP contribution in [-0.2, 0) is 17.8 Å². The molecule has 0 unspecified atom stereocenters. The Morgan fingerprint density at radius 1 is 1.38 bits per heavy atom. The average Bonchev–Trinajstić information content (AvgIpc) is 2.87. The van der Waals surface area contributed by atoms with E-state index in [9.17, 15) is 18.8 Å². The highest BCUT2D eigenvalue weighted by atomic mass is 35.5. The zero-order valence-electron chi connectivity index (χ0n) is 15.2. The minimum Gasteiger partial charge on any atom is -0.461 e. The fourth-order valence-corrected chi connectivity index (χ4v) is 3.73. The first kappa shape index (κ1) is 21.5. The summed E-state index contributed by atoms with van der Waals surface area (Å²) in [7, 11) is 0. The van der Waals surface area contributed by atoms with Gasteiger partial charge in [-0.3, -0.25) is 4.68 Å². The molecular weight excluding hydrogens is 449 g/mol. The van der Waals surface area contributed by atoms with Crippen molar-refractivity contribution in [2.24, 2.45) is 0 Å².